The summed E-state index contributed by atoms with van der Waals surface area (Å²) in [5.41, 5.74) is -0.771. The molecular weight excluding hydrogens is 184 g/mol. The predicted octanol–water partition coefficient (Wildman–Crippen LogP) is 1.50. The molecule has 1 heterocycles. The summed E-state index contributed by atoms with van der Waals surface area (Å²) in [7, 11) is 0. The van der Waals surface area contributed by atoms with Crippen LogP contribution < -0.4 is 0 Å². The Bertz CT molecular complexity index is 291. The lowest BCUT2D eigenvalue weighted by atomic mass is 9.79. The SMILES string of the molecule is CCC(CC)(Cc1ncno1)C(=O)O. The van der Waals surface area contributed by atoms with Gasteiger partial charge in [0.05, 0.1) is 5.41 Å². The first-order chi connectivity index (χ1) is 6.64. The topological polar surface area (TPSA) is 76.2 Å². The van der Waals surface area contributed by atoms with E-state index in [1.165, 1.54) is 6.33 Å². The van der Waals surface area contributed by atoms with Crippen molar-refractivity contribution < 1.29 is 14.4 Å². The lowest BCUT2D eigenvalue weighted by Gasteiger charge is -2.24. The molecule has 0 amide bonds. The van der Waals surface area contributed by atoms with E-state index in [4.69, 9.17) is 9.63 Å². The molecule has 14 heavy (non-hydrogen) atoms. The Labute approximate surface area is 82.1 Å². The first kappa shape index (κ1) is 10.7. The van der Waals surface area contributed by atoms with Crippen molar-refractivity contribution in [1.82, 2.24) is 10.1 Å². The fourth-order valence-electron chi connectivity index (χ4n) is 1.44. The summed E-state index contributed by atoms with van der Waals surface area (Å²) < 4.78 is 4.82. The Kier molecular flexibility index (Phi) is 3.22. The molecule has 0 aliphatic carbocycles. The van der Waals surface area contributed by atoms with Gasteiger partial charge in [0.2, 0.25) is 5.89 Å². The van der Waals surface area contributed by atoms with Crippen LogP contribution in [0, 0.1) is 5.41 Å². The summed E-state index contributed by atoms with van der Waals surface area (Å²) in [4.78, 5) is 15.0. The Hall–Kier alpha value is -1.39. The number of hydrogen-bond donors (Lipinski definition) is 1. The van der Waals surface area contributed by atoms with E-state index in [2.05, 4.69) is 10.1 Å². The van der Waals surface area contributed by atoms with Crippen LogP contribution in [-0.4, -0.2) is 21.2 Å². The fraction of sp³-hybridized carbons (Fsp3) is 0.667. The summed E-state index contributed by atoms with van der Waals surface area (Å²) in [5, 5.41) is 12.6. The molecule has 0 radical (unpaired) electrons. The molecule has 0 saturated carbocycles. The largest absolute Gasteiger partial charge is 0.481 e. The number of aromatic nitrogens is 2. The van der Waals surface area contributed by atoms with Gasteiger partial charge in [0.25, 0.3) is 0 Å². The predicted molar refractivity (Wildman–Crippen MR) is 48.7 cm³/mol. The maximum Gasteiger partial charge on any atom is 0.310 e. The van der Waals surface area contributed by atoms with Crippen LogP contribution in [0.15, 0.2) is 10.9 Å². The summed E-state index contributed by atoms with van der Waals surface area (Å²) in [5.74, 6) is -0.420. The third-order valence-corrected chi connectivity index (χ3v) is 2.70. The minimum atomic E-state index is -0.805. The third-order valence-electron chi connectivity index (χ3n) is 2.70. The molecule has 0 unspecified atom stereocenters. The second-order valence-corrected chi connectivity index (χ2v) is 3.30. The van der Waals surface area contributed by atoms with Gasteiger partial charge in [-0.3, -0.25) is 4.79 Å². The van der Waals surface area contributed by atoms with E-state index in [1.54, 1.807) is 0 Å². The average molecular weight is 198 g/mol. The molecule has 1 rings (SSSR count). The number of carbonyl (C=O) groups is 1. The molecule has 1 aromatic heterocycles. The molecule has 0 aromatic carbocycles. The van der Waals surface area contributed by atoms with E-state index in [1.807, 2.05) is 13.8 Å². The molecule has 78 valence electrons. The van der Waals surface area contributed by atoms with Crippen molar-refractivity contribution in [2.75, 3.05) is 0 Å². The van der Waals surface area contributed by atoms with Gasteiger partial charge in [-0.1, -0.05) is 19.0 Å². The normalized spacial score (nSPS) is 11.6. The quantitative estimate of drug-likeness (QED) is 0.775. The molecule has 5 nitrogen and oxygen atoms in total. The van der Waals surface area contributed by atoms with Crippen LogP contribution in [0.4, 0.5) is 0 Å². The lowest BCUT2D eigenvalue weighted by Crippen LogP contribution is -2.32. The monoisotopic (exact) mass is 198 g/mol. The molecule has 0 fully saturated rings. The lowest BCUT2D eigenvalue weighted by molar-refractivity contribution is -0.149. The average Bonchev–Trinajstić information content (AvgIpc) is 2.66. The van der Waals surface area contributed by atoms with Gasteiger partial charge in [-0.05, 0) is 12.8 Å². The molecule has 0 atom stereocenters. The number of rotatable bonds is 5. The number of nitrogens with zero attached hydrogens (tertiary/aromatic N) is 2. The zero-order valence-corrected chi connectivity index (χ0v) is 8.36. The Balaban J connectivity index is 2.83. The van der Waals surface area contributed by atoms with Crippen molar-refractivity contribution in [2.45, 2.75) is 33.1 Å². The molecule has 1 aromatic rings. The highest BCUT2D eigenvalue weighted by molar-refractivity contribution is 5.74. The van der Waals surface area contributed by atoms with Crippen molar-refractivity contribution in [3.05, 3.63) is 12.2 Å². The van der Waals surface area contributed by atoms with Crippen molar-refractivity contribution in [1.29, 1.82) is 0 Å². The van der Waals surface area contributed by atoms with Gasteiger partial charge >= 0.3 is 5.97 Å². The first-order valence-electron chi connectivity index (χ1n) is 4.63. The smallest absolute Gasteiger partial charge is 0.310 e. The molecule has 1 N–H and O–H groups in total. The van der Waals surface area contributed by atoms with E-state index in [0.717, 1.165) is 0 Å². The van der Waals surface area contributed by atoms with E-state index in [0.29, 0.717) is 25.2 Å². The standard InChI is InChI=1S/C9H14N2O3/c1-3-9(4-2,8(12)13)5-7-10-6-11-14-7/h6H,3-5H2,1-2H3,(H,12,13). The van der Waals surface area contributed by atoms with Crippen LogP contribution in [0.25, 0.3) is 0 Å². The minimum absolute atomic E-state index is 0.301. The molecule has 0 aliphatic rings. The van der Waals surface area contributed by atoms with Crippen LogP contribution in [0.3, 0.4) is 0 Å². The van der Waals surface area contributed by atoms with Gasteiger partial charge in [-0.15, -0.1) is 0 Å². The van der Waals surface area contributed by atoms with Crippen molar-refractivity contribution in [3.8, 4) is 0 Å². The van der Waals surface area contributed by atoms with Gasteiger partial charge in [-0.25, -0.2) is 0 Å². The minimum Gasteiger partial charge on any atom is -0.481 e. The maximum atomic E-state index is 11.1. The van der Waals surface area contributed by atoms with Crippen LogP contribution in [0.1, 0.15) is 32.6 Å². The van der Waals surface area contributed by atoms with Crippen molar-refractivity contribution in [2.24, 2.45) is 5.41 Å². The van der Waals surface area contributed by atoms with Gasteiger partial charge < -0.3 is 9.63 Å². The van der Waals surface area contributed by atoms with Gasteiger partial charge in [0.1, 0.15) is 0 Å². The molecule has 5 heteroatoms. The molecule has 0 spiro atoms. The van der Waals surface area contributed by atoms with Crippen LogP contribution in [-0.2, 0) is 11.2 Å². The number of carboxylic acid groups (broad SMARTS) is 1. The van der Waals surface area contributed by atoms with E-state index in [-0.39, 0.29) is 0 Å². The summed E-state index contributed by atoms with van der Waals surface area (Å²) >= 11 is 0. The molecule has 0 aliphatic heterocycles. The van der Waals surface area contributed by atoms with Crippen LogP contribution >= 0.6 is 0 Å². The maximum absolute atomic E-state index is 11.1. The second kappa shape index (κ2) is 4.21. The van der Waals surface area contributed by atoms with E-state index >= 15 is 0 Å². The van der Waals surface area contributed by atoms with E-state index in [9.17, 15) is 4.79 Å². The van der Waals surface area contributed by atoms with Gasteiger partial charge in [0, 0.05) is 6.42 Å². The molecular formula is C9H14N2O3. The Morgan fingerprint density at radius 3 is 2.57 bits per heavy atom. The Morgan fingerprint density at radius 2 is 2.21 bits per heavy atom. The van der Waals surface area contributed by atoms with Gasteiger partial charge in [0.15, 0.2) is 6.33 Å². The third kappa shape index (κ3) is 1.92. The zero-order chi connectivity index (χ0) is 10.6. The van der Waals surface area contributed by atoms with Crippen molar-refractivity contribution in [3.63, 3.8) is 0 Å². The summed E-state index contributed by atoms with van der Waals surface area (Å²) in [6, 6.07) is 0. The van der Waals surface area contributed by atoms with E-state index < -0.39 is 11.4 Å². The molecule has 0 saturated heterocycles. The first-order valence-corrected chi connectivity index (χ1v) is 4.63. The zero-order valence-electron chi connectivity index (χ0n) is 8.36. The highest BCUT2D eigenvalue weighted by Crippen LogP contribution is 2.30. The van der Waals surface area contributed by atoms with Crippen LogP contribution in [0.2, 0.25) is 0 Å². The highest BCUT2D eigenvalue weighted by Gasteiger charge is 2.36. The van der Waals surface area contributed by atoms with Crippen LogP contribution in [0.5, 0.6) is 0 Å². The molecule has 0 bridgehead atoms. The summed E-state index contributed by atoms with van der Waals surface area (Å²) in [6.45, 7) is 3.71. The number of carboxylic acids is 1. The Morgan fingerprint density at radius 1 is 1.57 bits per heavy atom. The highest BCUT2D eigenvalue weighted by atomic mass is 16.5. The number of aliphatic carboxylic acids is 1. The summed E-state index contributed by atoms with van der Waals surface area (Å²) in [6.07, 6.45) is 2.70. The van der Waals surface area contributed by atoms with Gasteiger partial charge in [-0.2, -0.15) is 4.98 Å². The fourth-order valence-corrected chi connectivity index (χ4v) is 1.44. The second-order valence-electron chi connectivity index (χ2n) is 3.30. The van der Waals surface area contributed by atoms with Crippen molar-refractivity contribution >= 4 is 5.97 Å². The number of hydrogen-bond acceptors (Lipinski definition) is 4.